The molecule has 1 aromatic rings. The lowest BCUT2D eigenvalue weighted by Gasteiger charge is -2.35. The summed E-state index contributed by atoms with van der Waals surface area (Å²) in [5.41, 5.74) is 5.68. The Morgan fingerprint density at radius 1 is 1.67 bits per heavy atom. The van der Waals surface area contributed by atoms with Gasteiger partial charge in [0.2, 0.25) is 5.91 Å². The Kier molecular flexibility index (Phi) is 3.99. The van der Waals surface area contributed by atoms with Gasteiger partial charge in [0.05, 0.1) is 13.2 Å². The molecule has 3 N–H and O–H groups in total. The second kappa shape index (κ2) is 5.68. The number of anilines is 2. The van der Waals surface area contributed by atoms with Gasteiger partial charge in [-0.25, -0.2) is 4.98 Å². The zero-order valence-electron chi connectivity index (χ0n) is 10.4. The van der Waals surface area contributed by atoms with E-state index < -0.39 is 0 Å². The van der Waals surface area contributed by atoms with Crippen molar-refractivity contribution in [1.29, 1.82) is 0 Å². The molecule has 6 nitrogen and oxygen atoms in total. The second-order valence-corrected chi connectivity index (χ2v) is 4.10. The van der Waals surface area contributed by atoms with E-state index in [1.54, 1.807) is 6.07 Å². The summed E-state index contributed by atoms with van der Waals surface area (Å²) in [5, 5.41) is 2.81. The van der Waals surface area contributed by atoms with Crippen LogP contribution < -0.4 is 16.0 Å². The van der Waals surface area contributed by atoms with Gasteiger partial charge in [-0.15, -0.1) is 0 Å². The molecule has 0 radical (unpaired) electrons. The quantitative estimate of drug-likeness (QED) is 0.789. The molecule has 0 saturated carbocycles. The summed E-state index contributed by atoms with van der Waals surface area (Å²) in [6.07, 6.45) is 0. The van der Waals surface area contributed by atoms with E-state index in [0.29, 0.717) is 32.1 Å². The number of carbonyl (C=O) groups is 1. The normalized spacial score (nSPS) is 19.6. The molecule has 2 rings (SSSR count). The minimum Gasteiger partial charge on any atom is -0.384 e. The molecule has 1 aliphatic rings. The topological polar surface area (TPSA) is 80.5 Å². The molecule has 1 fully saturated rings. The van der Waals surface area contributed by atoms with E-state index in [9.17, 15) is 4.79 Å². The van der Waals surface area contributed by atoms with Crippen molar-refractivity contribution in [3.63, 3.8) is 0 Å². The molecule has 1 atom stereocenters. The number of nitrogen functional groups attached to an aromatic ring is 1. The van der Waals surface area contributed by atoms with Gasteiger partial charge in [0, 0.05) is 13.1 Å². The molecule has 6 heteroatoms. The molecule has 0 spiro atoms. The highest BCUT2D eigenvalue weighted by molar-refractivity contribution is 5.85. The highest BCUT2D eigenvalue weighted by atomic mass is 16.5. The van der Waals surface area contributed by atoms with Crippen molar-refractivity contribution in [2.24, 2.45) is 0 Å². The van der Waals surface area contributed by atoms with Crippen LogP contribution >= 0.6 is 0 Å². The Labute approximate surface area is 106 Å². The number of pyridine rings is 1. The number of nitrogens with zero attached hydrogens (tertiary/aromatic N) is 2. The standard InChI is InChI=1S/C12H18N4O2/c1-2-14-12(17)9-8-18-7-6-16(9)11-5-3-4-10(13)15-11/h3-5,9H,2,6-8H2,1H3,(H2,13,15)(H,14,17). The van der Waals surface area contributed by atoms with Crippen LogP contribution in [-0.2, 0) is 9.53 Å². The lowest BCUT2D eigenvalue weighted by molar-refractivity contribution is -0.124. The lowest BCUT2D eigenvalue weighted by Crippen LogP contribution is -2.54. The van der Waals surface area contributed by atoms with Crippen LogP contribution in [0.25, 0.3) is 0 Å². The SMILES string of the molecule is CCNC(=O)C1COCCN1c1cccc(N)n1. The number of nitrogens with two attached hydrogens (primary N) is 1. The fourth-order valence-corrected chi connectivity index (χ4v) is 1.99. The number of ether oxygens (including phenoxy) is 1. The van der Waals surface area contributed by atoms with E-state index >= 15 is 0 Å². The molecular formula is C12H18N4O2. The Bertz CT molecular complexity index is 424. The van der Waals surface area contributed by atoms with Crippen LogP contribution in [0.4, 0.5) is 11.6 Å². The number of hydrogen-bond acceptors (Lipinski definition) is 5. The van der Waals surface area contributed by atoms with Crippen LogP contribution in [0.15, 0.2) is 18.2 Å². The van der Waals surface area contributed by atoms with Crippen LogP contribution in [0.5, 0.6) is 0 Å². The summed E-state index contributed by atoms with van der Waals surface area (Å²) in [5.74, 6) is 1.13. The monoisotopic (exact) mass is 250 g/mol. The number of aromatic nitrogens is 1. The van der Waals surface area contributed by atoms with Crippen LogP contribution in [0.1, 0.15) is 6.92 Å². The van der Waals surface area contributed by atoms with Crippen molar-refractivity contribution < 1.29 is 9.53 Å². The first-order chi connectivity index (χ1) is 8.72. The minimum atomic E-state index is -0.340. The molecule has 98 valence electrons. The van der Waals surface area contributed by atoms with Crippen LogP contribution in [0, 0.1) is 0 Å². The summed E-state index contributed by atoms with van der Waals surface area (Å²) in [6.45, 7) is 4.10. The summed E-state index contributed by atoms with van der Waals surface area (Å²) in [4.78, 5) is 18.2. The fraction of sp³-hybridized carbons (Fsp3) is 0.500. The maximum absolute atomic E-state index is 12.0. The van der Waals surface area contributed by atoms with E-state index in [1.807, 2.05) is 24.0 Å². The van der Waals surface area contributed by atoms with E-state index in [4.69, 9.17) is 10.5 Å². The van der Waals surface area contributed by atoms with Crippen LogP contribution in [-0.4, -0.2) is 43.2 Å². The van der Waals surface area contributed by atoms with Crippen molar-refractivity contribution in [2.45, 2.75) is 13.0 Å². The van der Waals surface area contributed by atoms with Crippen molar-refractivity contribution in [1.82, 2.24) is 10.3 Å². The zero-order chi connectivity index (χ0) is 13.0. The molecule has 2 heterocycles. The van der Waals surface area contributed by atoms with Gasteiger partial charge in [0.1, 0.15) is 17.7 Å². The predicted octanol–water partition coefficient (Wildman–Crippen LogP) is 0.00510. The van der Waals surface area contributed by atoms with E-state index in [1.165, 1.54) is 0 Å². The molecule has 1 unspecified atom stereocenters. The average Bonchev–Trinajstić information content (AvgIpc) is 2.39. The van der Waals surface area contributed by atoms with E-state index in [2.05, 4.69) is 10.3 Å². The number of rotatable bonds is 3. The molecule has 1 saturated heterocycles. The van der Waals surface area contributed by atoms with Gasteiger partial charge in [-0.2, -0.15) is 0 Å². The highest BCUT2D eigenvalue weighted by Gasteiger charge is 2.29. The van der Waals surface area contributed by atoms with Crippen molar-refractivity contribution in [3.8, 4) is 0 Å². The van der Waals surface area contributed by atoms with Gasteiger partial charge in [0.25, 0.3) is 0 Å². The number of morpholine rings is 1. The number of hydrogen-bond donors (Lipinski definition) is 2. The van der Waals surface area contributed by atoms with Gasteiger partial charge in [-0.3, -0.25) is 4.79 Å². The molecular weight excluding hydrogens is 232 g/mol. The zero-order valence-corrected chi connectivity index (χ0v) is 10.4. The third kappa shape index (κ3) is 2.70. The Balaban J connectivity index is 2.20. The summed E-state index contributed by atoms with van der Waals surface area (Å²) in [7, 11) is 0. The van der Waals surface area contributed by atoms with Gasteiger partial charge < -0.3 is 20.7 Å². The highest BCUT2D eigenvalue weighted by Crippen LogP contribution is 2.18. The average molecular weight is 250 g/mol. The van der Waals surface area contributed by atoms with Gasteiger partial charge in [-0.1, -0.05) is 6.07 Å². The smallest absolute Gasteiger partial charge is 0.245 e. The van der Waals surface area contributed by atoms with Crippen molar-refractivity contribution in [2.75, 3.05) is 36.9 Å². The summed E-state index contributed by atoms with van der Waals surface area (Å²) >= 11 is 0. The summed E-state index contributed by atoms with van der Waals surface area (Å²) < 4.78 is 5.37. The number of likely N-dealkylation sites (N-methyl/N-ethyl adjacent to an activating group) is 1. The third-order valence-electron chi connectivity index (χ3n) is 2.83. The van der Waals surface area contributed by atoms with E-state index in [0.717, 1.165) is 5.82 Å². The number of carbonyl (C=O) groups excluding carboxylic acids is 1. The third-order valence-corrected chi connectivity index (χ3v) is 2.83. The van der Waals surface area contributed by atoms with Gasteiger partial charge >= 0.3 is 0 Å². The Hall–Kier alpha value is -1.82. The lowest BCUT2D eigenvalue weighted by atomic mass is 10.2. The van der Waals surface area contributed by atoms with Crippen LogP contribution in [0.3, 0.4) is 0 Å². The van der Waals surface area contributed by atoms with E-state index in [-0.39, 0.29) is 11.9 Å². The largest absolute Gasteiger partial charge is 0.384 e. The Morgan fingerprint density at radius 2 is 2.50 bits per heavy atom. The first-order valence-corrected chi connectivity index (χ1v) is 6.07. The first-order valence-electron chi connectivity index (χ1n) is 6.07. The molecule has 18 heavy (non-hydrogen) atoms. The molecule has 1 aromatic heterocycles. The van der Waals surface area contributed by atoms with Crippen LogP contribution in [0.2, 0.25) is 0 Å². The number of amides is 1. The molecule has 0 aromatic carbocycles. The minimum absolute atomic E-state index is 0.0403. The number of nitrogens with one attached hydrogen (secondary N) is 1. The van der Waals surface area contributed by atoms with Crippen molar-refractivity contribution >= 4 is 17.5 Å². The molecule has 0 aliphatic carbocycles. The summed E-state index contributed by atoms with van der Waals surface area (Å²) in [6, 6.07) is 5.08. The molecule has 0 bridgehead atoms. The molecule has 1 amide bonds. The van der Waals surface area contributed by atoms with Gasteiger partial charge in [-0.05, 0) is 19.1 Å². The maximum atomic E-state index is 12.0. The Morgan fingerprint density at radius 3 is 3.22 bits per heavy atom. The van der Waals surface area contributed by atoms with Crippen molar-refractivity contribution in [3.05, 3.63) is 18.2 Å². The maximum Gasteiger partial charge on any atom is 0.245 e. The predicted molar refractivity (Wildman–Crippen MR) is 69.3 cm³/mol. The second-order valence-electron chi connectivity index (χ2n) is 4.10. The molecule has 1 aliphatic heterocycles. The first kappa shape index (κ1) is 12.6. The fourth-order valence-electron chi connectivity index (χ4n) is 1.99. The van der Waals surface area contributed by atoms with Gasteiger partial charge in [0.15, 0.2) is 0 Å².